The van der Waals surface area contributed by atoms with E-state index in [9.17, 15) is 9.59 Å². The predicted molar refractivity (Wildman–Crippen MR) is 146 cm³/mol. The summed E-state index contributed by atoms with van der Waals surface area (Å²) in [5.41, 5.74) is 1.71. The number of amides is 2. The molecule has 0 bridgehead atoms. The Labute approximate surface area is 225 Å². The van der Waals surface area contributed by atoms with Crippen LogP contribution in [0.4, 0.5) is 0 Å². The van der Waals surface area contributed by atoms with Crippen LogP contribution in [0.3, 0.4) is 0 Å². The standard InChI is InChI=1S/C27H27Cl3N2O2S/c1-2-31-27(34)25(16-19-6-4-3-5-7-19)32(18-20-8-9-22(29)17-24(20)30)26(33)14-15-35-23-12-10-21(28)11-13-23/h3-13,17,25H,2,14-16,18H2,1H3,(H,31,34)/t25-/m1/s1. The van der Waals surface area contributed by atoms with Crippen molar-refractivity contribution in [1.29, 1.82) is 0 Å². The van der Waals surface area contributed by atoms with Gasteiger partial charge in [0.2, 0.25) is 11.8 Å². The van der Waals surface area contributed by atoms with Gasteiger partial charge in [-0.3, -0.25) is 9.59 Å². The van der Waals surface area contributed by atoms with Crippen molar-refractivity contribution in [2.45, 2.75) is 37.2 Å². The summed E-state index contributed by atoms with van der Waals surface area (Å²) < 4.78 is 0. The third kappa shape index (κ3) is 8.46. The molecule has 0 aliphatic rings. The summed E-state index contributed by atoms with van der Waals surface area (Å²) in [7, 11) is 0. The molecule has 3 aromatic rings. The summed E-state index contributed by atoms with van der Waals surface area (Å²) in [5, 5.41) is 4.53. The molecule has 0 unspecified atom stereocenters. The van der Waals surface area contributed by atoms with Crippen LogP contribution < -0.4 is 5.32 Å². The van der Waals surface area contributed by atoms with Crippen molar-refractivity contribution in [2.24, 2.45) is 0 Å². The van der Waals surface area contributed by atoms with Crippen LogP contribution in [0.25, 0.3) is 0 Å². The van der Waals surface area contributed by atoms with E-state index < -0.39 is 6.04 Å². The Hall–Kier alpha value is -2.18. The summed E-state index contributed by atoms with van der Waals surface area (Å²) in [6.07, 6.45) is 0.664. The van der Waals surface area contributed by atoms with E-state index >= 15 is 0 Å². The lowest BCUT2D eigenvalue weighted by molar-refractivity contribution is -0.140. The van der Waals surface area contributed by atoms with E-state index in [2.05, 4.69) is 5.32 Å². The molecule has 0 aromatic heterocycles. The number of carbonyl (C=O) groups excluding carboxylic acids is 2. The van der Waals surface area contributed by atoms with Crippen LogP contribution in [0.15, 0.2) is 77.7 Å². The molecule has 3 rings (SSSR count). The Balaban J connectivity index is 1.85. The first-order valence-electron chi connectivity index (χ1n) is 11.3. The second-order valence-corrected chi connectivity index (χ2v) is 10.4. The number of rotatable bonds is 11. The topological polar surface area (TPSA) is 49.4 Å². The zero-order valence-electron chi connectivity index (χ0n) is 19.3. The van der Waals surface area contributed by atoms with Gasteiger partial charge < -0.3 is 10.2 Å². The summed E-state index contributed by atoms with van der Waals surface area (Å²) in [5.74, 6) is 0.253. The molecule has 0 saturated heterocycles. The quantitative estimate of drug-likeness (QED) is 0.265. The fourth-order valence-corrected chi connectivity index (χ4v) is 5.05. The molecule has 1 N–H and O–H groups in total. The Morgan fingerprint density at radius 2 is 1.63 bits per heavy atom. The Bertz CT molecular complexity index is 1130. The van der Waals surface area contributed by atoms with Gasteiger partial charge in [-0.2, -0.15) is 0 Å². The van der Waals surface area contributed by atoms with E-state index in [0.29, 0.717) is 33.8 Å². The lowest BCUT2D eigenvalue weighted by atomic mass is 10.0. The first-order valence-corrected chi connectivity index (χ1v) is 13.4. The van der Waals surface area contributed by atoms with Gasteiger partial charge in [-0.25, -0.2) is 0 Å². The van der Waals surface area contributed by atoms with Crippen molar-refractivity contribution < 1.29 is 9.59 Å². The largest absolute Gasteiger partial charge is 0.355 e. The molecule has 0 heterocycles. The van der Waals surface area contributed by atoms with Crippen molar-refractivity contribution >= 4 is 58.4 Å². The number of thioether (sulfide) groups is 1. The summed E-state index contributed by atoms with van der Waals surface area (Å²) in [6.45, 7) is 2.54. The predicted octanol–water partition coefficient (Wildman–Crippen LogP) is 6.91. The van der Waals surface area contributed by atoms with Crippen LogP contribution in [-0.4, -0.2) is 35.1 Å². The molecule has 0 aliphatic heterocycles. The highest BCUT2D eigenvalue weighted by Gasteiger charge is 2.30. The van der Waals surface area contributed by atoms with Crippen LogP contribution in [0, 0.1) is 0 Å². The number of benzene rings is 3. The highest BCUT2D eigenvalue weighted by molar-refractivity contribution is 7.99. The van der Waals surface area contributed by atoms with Gasteiger partial charge in [0.1, 0.15) is 6.04 Å². The summed E-state index contributed by atoms with van der Waals surface area (Å²) >= 11 is 20.1. The molecule has 0 aliphatic carbocycles. The van der Waals surface area contributed by atoms with Crippen molar-refractivity contribution in [3.05, 3.63) is 99.0 Å². The third-order valence-electron chi connectivity index (χ3n) is 5.38. The molecule has 184 valence electrons. The number of carbonyl (C=O) groups is 2. The summed E-state index contributed by atoms with van der Waals surface area (Å²) in [6, 6.07) is 21.7. The second-order valence-electron chi connectivity index (χ2n) is 7.91. The number of likely N-dealkylation sites (N-methyl/N-ethyl adjacent to an activating group) is 1. The van der Waals surface area contributed by atoms with Crippen molar-refractivity contribution in [2.75, 3.05) is 12.3 Å². The monoisotopic (exact) mass is 548 g/mol. The molecule has 35 heavy (non-hydrogen) atoms. The molecule has 8 heteroatoms. The average molecular weight is 550 g/mol. The first-order chi connectivity index (χ1) is 16.9. The SMILES string of the molecule is CCNC(=O)[C@@H](Cc1ccccc1)N(Cc1ccc(Cl)cc1Cl)C(=O)CCSc1ccc(Cl)cc1. The summed E-state index contributed by atoms with van der Waals surface area (Å²) in [4.78, 5) is 29.4. The number of nitrogens with zero attached hydrogens (tertiary/aromatic N) is 1. The van der Waals surface area contributed by atoms with Crippen molar-refractivity contribution in [3.8, 4) is 0 Å². The van der Waals surface area contributed by atoms with Gasteiger partial charge in [0.05, 0.1) is 0 Å². The first kappa shape index (κ1) is 27.4. The molecule has 4 nitrogen and oxygen atoms in total. The normalized spacial score (nSPS) is 11.7. The van der Waals surface area contributed by atoms with Gasteiger partial charge in [-0.1, -0.05) is 71.2 Å². The third-order valence-corrected chi connectivity index (χ3v) is 7.23. The zero-order chi connectivity index (χ0) is 25.2. The molecule has 0 fully saturated rings. The molecular formula is C27H27Cl3N2O2S. The Kier molecular flexibility index (Phi) is 10.8. The fourth-order valence-electron chi connectivity index (χ4n) is 3.61. The van der Waals surface area contributed by atoms with Crippen LogP contribution in [0.2, 0.25) is 15.1 Å². The van der Waals surface area contributed by atoms with Gasteiger partial charge in [0.25, 0.3) is 0 Å². The number of nitrogens with one attached hydrogen (secondary N) is 1. The van der Waals surface area contributed by atoms with E-state index in [4.69, 9.17) is 34.8 Å². The smallest absolute Gasteiger partial charge is 0.243 e. The Morgan fingerprint density at radius 1 is 0.943 bits per heavy atom. The molecule has 1 atom stereocenters. The molecule has 3 aromatic carbocycles. The number of hydrogen-bond donors (Lipinski definition) is 1. The zero-order valence-corrected chi connectivity index (χ0v) is 22.4. The van der Waals surface area contributed by atoms with E-state index in [1.807, 2.05) is 61.5 Å². The molecule has 0 radical (unpaired) electrons. The minimum atomic E-state index is -0.683. The second kappa shape index (κ2) is 13.8. The van der Waals surface area contributed by atoms with E-state index in [-0.39, 0.29) is 24.8 Å². The maximum Gasteiger partial charge on any atom is 0.243 e. The van der Waals surface area contributed by atoms with E-state index in [0.717, 1.165) is 16.0 Å². The maximum atomic E-state index is 13.6. The van der Waals surface area contributed by atoms with E-state index in [1.165, 1.54) is 0 Å². The molecular weight excluding hydrogens is 523 g/mol. The minimum Gasteiger partial charge on any atom is -0.355 e. The molecule has 0 saturated carbocycles. The maximum absolute atomic E-state index is 13.6. The number of halogens is 3. The van der Waals surface area contributed by atoms with Gasteiger partial charge in [0, 0.05) is 51.6 Å². The van der Waals surface area contributed by atoms with Crippen molar-refractivity contribution in [3.63, 3.8) is 0 Å². The van der Waals surface area contributed by atoms with Crippen LogP contribution in [0.1, 0.15) is 24.5 Å². The average Bonchev–Trinajstić information content (AvgIpc) is 2.84. The minimum absolute atomic E-state index is 0.121. The Morgan fingerprint density at radius 3 is 2.29 bits per heavy atom. The van der Waals surface area contributed by atoms with Crippen LogP contribution in [-0.2, 0) is 22.6 Å². The fraction of sp³-hybridized carbons (Fsp3) is 0.259. The van der Waals surface area contributed by atoms with Gasteiger partial charge >= 0.3 is 0 Å². The lowest BCUT2D eigenvalue weighted by Gasteiger charge is -2.32. The number of hydrogen-bond acceptors (Lipinski definition) is 3. The van der Waals surface area contributed by atoms with E-state index in [1.54, 1.807) is 34.9 Å². The van der Waals surface area contributed by atoms with Crippen LogP contribution >= 0.6 is 46.6 Å². The highest BCUT2D eigenvalue weighted by Crippen LogP contribution is 2.26. The van der Waals surface area contributed by atoms with Crippen LogP contribution in [0.5, 0.6) is 0 Å². The molecule has 2 amide bonds. The van der Waals surface area contributed by atoms with Gasteiger partial charge in [-0.15, -0.1) is 11.8 Å². The lowest BCUT2D eigenvalue weighted by Crippen LogP contribution is -2.50. The van der Waals surface area contributed by atoms with Gasteiger partial charge in [-0.05, 0) is 54.4 Å². The van der Waals surface area contributed by atoms with Gasteiger partial charge in [0.15, 0.2) is 0 Å². The highest BCUT2D eigenvalue weighted by atomic mass is 35.5. The van der Waals surface area contributed by atoms with Crippen molar-refractivity contribution in [1.82, 2.24) is 10.2 Å². The molecule has 0 spiro atoms.